The van der Waals surface area contributed by atoms with Gasteiger partial charge in [-0.1, -0.05) is 0 Å². The van der Waals surface area contributed by atoms with Crippen LogP contribution in [0, 0.1) is 0 Å². The number of furan rings is 1. The van der Waals surface area contributed by atoms with Gasteiger partial charge in [0.05, 0.1) is 6.26 Å². The predicted octanol–water partition coefficient (Wildman–Crippen LogP) is 3.53. The summed E-state index contributed by atoms with van der Waals surface area (Å²) in [4.78, 5) is 11.1. The number of alkyl halides is 5. The minimum absolute atomic E-state index is 0.661. The summed E-state index contributed by atoms with van der Waals surface area (Å²) >= 11 is 5.59. The molecular weight excluding hydrogens is 349 g/mol. The van der Waals surface area contributed by atoms with E-state index in [1.165, 1.54) is 0 Å². The second-order valence-electron chi connectivity index (χ2n) is 2.33. The lowest BCUT2D eigenvalue weighted by molar-refractivity contribution is -0.153. The average molecular weight is 352 g/mol. The lowest BCUT2D eigenvalue weighted by atomic mass is 10.2. The lowest BCUT2D eigenvalue weighted by Gasteiger charge is -2.07. The van der Waals surface area contributed by atoms with Crippen LogP contribution in [-0.2, 0) is 10.9 Å². The third kappa shape index (κ3) is 3.23. The maximum Gasteiger partial charge on any atom is 0.450 e. The monoisotopic (exact) mass is 350 g/mol. The van der Waals surface area contributed by atoms with Gasteiger partial charge < -0.3 is 9.15 Å². The van der Waals surface area contributed by atoms with Gasteiger partial charge in [-0.15, -0.1) is 0 Å². The van der Waals surface area contributed by atoms with Gasteiger partial charge in [-0.2, -0.15) is 13.2 Å². The summed E-state index contributed by atoms with van der Waals surface area (Å²) in [6.07, 6.45) is -3.94. The molecule has 0 aliphatic rings. The molecular formula is C7H3Br2F3O3. The van der Waals surface area contributed by atoms with Crippen LogP contribution in [0.1, 0.15) is 16.1 Å². The van der Waals surface area contributed by atoms with Crippen LogP contribution in [0.15, 0.2) is 16.7 Å². The van der Waals surface area contributed by atoms with E-state index in [9.17, 15) is 18.0 Å². The number of carbonyl (C=O) groups is 1. The zero-order valence-electron chi connectivity index (χ0n) is 6.85. The van der Waals surface area contributed by atoms with Crippen molar-refractivity contribution in [1.82, 2.24) is 0 Å². The number of rotatable bonds is 2. The Morgan fingerprint density at radius 1 is 1.47 bits per heavy atom. The molecule has 0 saturated carbocycles. The molecule has 8 heteroatoms. The van der Waals surface area contributed by atoms with E-state index in [0.29, 0.717) is 0 Å². The Morgan fingerprint density at radius 2 is 2.07 bits per heavy atom. The second-order valence-corrected chi connectivity index (χ2v) is 5.22. The Kier molecular flexibility index (Phi) is 3.82. The summed E-state index contributed by atoms with van der Waals surface area (Å²) in [6, 6.07) is 0.896. The summed E-state index contributed by atoms with van der Waals surface area (Å²) in [5, 5.41) is 0. The Labute approximate surface area is 98.8 Å². The molecule has 1 heterocycles. The van der Waals surface area contributed by atoms with Gasteiger partial charge >= 0.3 is 12.1 Å². The molecule has 1 aromatic rings. The van der Waals surface area contributed by atoms with Crippen molar-refractivity contribution in [2.24, 2.45) is 0 Å². The summed E-state index contributed by atoms with van der Waals surface area (Å²) in [7, 11) is 0. The smallest absolute Gasteiger partial charge is 0.450 e. The predicted molar refractivity (Wildman–Crippen MR) is 50.8 cm³/mol. The first kappa shape index (κ1) is 12.6. The summed E-state index contributed by atoms with van der Waals surface area (Å²) in [5.41, 5.74) is -0.661. The van der Waals surface area contributed by atoms with Crippen molar-refractivity contribution in [3.05, 3.63) is 23.7 Å². The van der Waals surface area contributed by atoms with E-state index in [4.69, 9.17) is 0 Å². The van der Waals surface area contributed by atoms with E-state index in [1.54, 1.807) is 0 Å². The molecule has 3 nitrogen and oxygen atoms in total. The normalized spacial score (nSPS) is 11.9. The minimum Gasteiger partial charge on any atom is -0.459 e. The van der Waals surface area contributed by atoms with Gasteiger partial charge in [0.1, 0.15) is 5.56 Å². The minimum atomic E-state index is -4.72. The molecule has 0 amide bonds. The van der Waals surface area contributed by atoms with Crippen LogP contribution in [0.2, 0.25) is 0 Å². The Morgan fingerprint density at radius 3 is 2.53 bits per heavy atom. The van der Waals surface area contributed by atoms with Crippen molar-refractivity contribution in [1.29, 1.82) is 0 Å². The molecule has 0 radical (unpaired) electrons. The number of hydrogen-bond acceptors (Lipinski definition) is 3. The van der Waals surface area contributed by atoms with Crippen molar-refractivity contribution in [3.8, 4) is 0 Å². The molecule has 0 aromatic carbocycles. The maximum absolute atomic E-state index is 12.3. The van der Waals surface area contributed by atoms with E-state index in [-0.39, 0.29) is 0 Å². The van der Waals surface area contributed by atoms with Crippen LogP contribution >= 0.6 is 31.9 Å². The van der Waals surface area contributed by atoms with Crippen LogP contribution in [0.4, 0.5) is 13.2 Å². The SMILES string of the molecule is O=C(OC(Br)Br)c1ccoc1C(F)(F)F. The van der Waals surface area contributed by atoms with Crippen molar-refractivity contribution in [3.63, 3.8) is 0 Å². The van der Waals surface area contributed by atoms with Crippen molar-refractivity contribution in [2.75, 3.05) is 0 Å². The zero-order valence-corrected chi connectivity index (χ0v) is 10.0. The molecule has 0 unspecified atom stereocenters. The highest BCUT2D eigenvalue weighted by Crippen LogP contribution is 2.33. The van der Waals surface area contributed by atoms with Gasteiger partial charge in [0.25, 0.3) is 0 Å². The molecule has 0 atom stereocenters. The summed E-state index contributed by atoms with van der Waals surface area (Å²) in [5.74, 6) is -2.50. The van der Waals surface area contributed by atoms with Crippen LogP contribution in [0.5, 0.6) is 0 Å². The first-order chi connectivity index (χ1) is 6.82. The quantitative estimate of drug-likeness (QED) is 0.604. The highest BCUT2D eigenvalue weighted by Gasteiger charge is 2.39. The highest BCUT2D eigenvalue weighted by atomic mass is 79.9. The van der Waals surface area contributed by atoms with Crippen LogP contribution < -0.4 is 0 Å². The first-order valence-electron chi connectivity index (χ1n) is 3.46. The molecule has 1 rings (SSSR count). The van der Waals surface area contributed by atoms with Crippen molar-refractivity contribution >= 4 is 37.8 Å². The Balaban J connectivity index is 2.96. The Bertz CT molecular complexity index is 359. The largest absolute Gasteiger partial charge is 0.459 e. The number of hydrogen-bond donors (Lipinski definition) is 0. The summed E-state index contributed by atoms with van der Waals surface area (Å²) in [6.45, 7) is 0. The van der Waals surface area contributed by atoms with Gasteiger partial charge in [0, 0.05) is 0 Å². The number of ether oxygens (including phenoxy) is 1. The van der Waals surface area contributed by atoms with E-state index >= 15 is 0 Å². The van der Waals surface area contributed by atoms with Crippen molar-refractivity contribution < 1.29 is 27.1 Å². The molecule has 0 fully saturated rings. The zero-order chi connectivity index (χ0) is 11.6. The van der Waals surface area contributed by atoms with Gasteiger partial charge in [0.2, 0.25) is 9.68 Å². The van der Waals surface area contributed by atoms with Crippen LogP contribution in [0.3, 0.4) is 0 Å². The van der Waals surface area contributed by atoms with Crippen LogP contribution in [-0.4, -0.2) is 9.89 Å². The summed E-state index contributed by atoms with van der Waals surface area (Å²) < 4.78 is 44.6. The second kappa shape index (κ2) is 4.56. The average Bonchev–Trinajstić information content (AvgIpc) is 2.48. The van der Waals surface area contributed by atoms with Gasteiger partial charge in [-0.25, -0.2) is 4.79 Å². The molecule has 0 spiro atoms. The molecule has 0 N–H and O–H groups in total. The third-order valence-electron chi connectivity index (χ3n) is 1.34. The fraction of sp³-hybridized carbons (Fsp3) is 0.286. The Hall–Kier alpha value is -0.500. The molecule has 15 heavy (non-hydrogen) atoms. The highest BCUT2D eigenvalue weighted by molar-refractivity contribution is 9.24. The maximum atomic E-state index is 12.3. The number of esters is 1. The topological polar surface area (TPSA) is 39.4 Å². The molecule has 0 saturated heterocycles. The standard InChI is InChI=1S/C7H3Br2F3O3/c8-6(9)15-5(13)3-1-2-14-4(3)7(10,11)12/h1-2,6H. The fourth-order valence-corrected chi connectivity index (χ4v) is 1.17. The van der Waals surface area contributed by atoms with Gasteiger partial charge in [0.15, 0.2) is 0 Å². The molecule has 0 aliphatic carbocycles. The van der Waals surface area contributed by atoms with Crippen molar-refractivity contribution in [2.45, 2.75) is 10.1 Å². The van der Waals surface area contributed by atoms with E-state index in [2.05, 4.69) is 41.0 Å². The number of carbonyl (C=O) groups excluding carboxylic acids is 1. The molecule has 84 valence electrons. The molecule has 0 bridgehead atoms. The lowest BCUT2D eigenvalue weighted by Crippen LogP contribution is -2.13. The van der Waals surface area contributed by atoms with E-state index in [1.807, 2.05) is 0 Å². The molecule has 1 aromatic heterocycles. The van der Waals surface area contributed by atoms with E-state index in [0.717, 1.165) is 12.3 Å². The third-order valence-corrected chi connectivity index (χ3v) is 1.71. The fourth-order valence-electron chi connectivity index (χ4n) is 0.834. The number of halogens is 5. The van der Waals surface area contributed by atoms with Gasteiger partial charge in [-0.3, -0.25) is 0 Å². The van der Waals surface area contributed by atoms with Crippen LogP contribution in [0.25, 0.3) is 0 Å². The van der Waals surface area contributed by atoms with Gasteiger partial charge in [-0.05, 0) is 37.9 Å². The molecule has 0 aliphatic heterocycles. The first-order valence-corrected chi connectivity index (χ1v) is 5.29. The van der Waals surface area contributed by atoms with E-state index < -0.39 is 27.4 Å².